The Balaban J connectivity index is 1.76. The number of hydrogen-bond acceptors (Lipinski definition) is 3. The van der Waals surface area contributed by atoms with E-state index in [-0.39, 0.29) is 5.91 Å². The summed E-state index contributed by atoms with van der Waals surface area (Å²) in [5.74, 6) is -0.125. The second-order valence-electron chi connectivity index (χ2n) is 6.16. The molecule has 1 N–H and O–H groups in total. The number of amides is 1. The molecule has 0 saturated heterocycles. The number of hydrogen-bond donors (Lipinski definition) is 1. The molecule has 0 saturated carbocycles. The smallest absolute Gasteiger partial charge is 0.272 e. The molecule has 4 nitrogen and oxygen atoms in total. The second-order valence-corrected chi connectivity index (χ2v) is 6.60. The van der Waals surface area contributed by atoms with E-state index in [1.165, 1.54) is 0 Å². The lowest BCUT2D eigenvalue weighted by atomic mass is 10.2. The van der Waals surface area contributed by atoms with E-state index in [2.05, 4.69) is 10.3 Å². The average Bonchev–Trinajstić information content (AvgIpc) is 2.65. The molecule has 1 amide bonds. The van der Waals surface area contributed by atoms with Gasteiger partial charge in [0.1, 0.15) is 5.69 Å². The molecule has 0 aliphatic rings. The minimum absolute atomic E-state index is 0.125. The van der Waals surface area contributed by atoms with Gasteiger partial charge in [-0.2, -0.15) is 0 Å². The molecule has 5 heteroatoms. The predicted molar refractivity (Wildman–Crippen MR) is 106 cm³/mol. The molecule has 2 aromatic carbocycles. The van der Waals surface area contributed by atoms with Crippen molar-refractivity contribution < 1.29 is 4.79 Å². The number of benzene rings is 2. The van der Waals surface area contributed by atoms with E-state index in [1.54, 1.807) is 24.2 Å². The van der Waals surface area contributed by atoms with Crippen LogP contribution in [0.15, 0.2) is 66.9 Å². The van der Waals surface area contributed by atoms with Crippen molar-refractivity contribution in [2.24, 2.45) is 0 Å². The molecule has 1 aromatic heterocycles. The van der Waals surface area contributed by atoms with Crippen LogP contribution in [0.5, 0.6) is 0 Å². The molecule has 0 spiro atoms. The van der Waals surface area contributed by atoms with Crippen molar-refractivity contribution in [2.75, 3.05) is 12.4 Å². The first-order chi connectivity index (χ1) is 12.5. The largest absolute Gasteiger partial charge is 0.355 e. The molecule has 3 rings (SSSR count). The summed E-state index contributed by atoms with van der Waals surface area (Å²) in [6.45, 7) is 2.53. The Hall–Kier alpha value is -2.85. The van der Waals surface area contributed by atoms with E-state index in [9.17, 15) is 4.79 Å². The monoisotopic (exact) mass is 365 g/mol. The normalized spacial score (nSPS) is 10.4. The highest BCUT2D eigenvalue weighted by Crippen LogP contribution is 2.24. The molecule has 0 radical (unpaired) electrons. The van der Waals surface area contributed by atoms with Gasteiger partial charge in [-0.3, -0.25) is 9.78 Å². The maximum Gasteiger partial charge on any atom is 0.272 e. The maximum absolute atomic E-state index is 12.7. The summed E-state index contributed by atoms with van der Waals surface area (Å²) in [5, 5.41) is 3.96. The highest BCUT2D eigenvalue weighted by atomic mass is 35.5. The predicted octanol–water partition coefficient (Wildman–Crippen LogP) is 5.06. The lowest BCUT2D eigenvalue weighted by Gasteiger charge is -2.17. The topological polar surface area (TPSA) is 45.2 Å². The quantitative estimate of drug-likeness (QED) is 0.687. The Morgan fingerprint density at radius 2 is 1.88 bits per heavy atom. The number of carbonyl (C=O) groups excluding carboxylic acids is 1. The molecule has 0 fully saturated rings. The van der Waals surface area contributed by atoms with Gasteiger partial charge in [0.2, 0.25) is 0 Å². The van der Waals surface area contributed by atoms with Crippen LogP contribution in [0.4, 0.5) is 11.4 Å². The number of aromatic nitrogens is 1. The first-order valence-electron chi connectivity index (χ1n) is 8.31. The standard InChI is InChI=1S/C21H20ClN3O/c1-15-8-9-17(22)12-19(15)24-18-10-11-23-20(13-18)21(26)25(2)14-16-6-4-3-5-7-16/h3-13H,14H2,1-2H3,(H,23,24). The molecule has 0 aliphatic heterocycles. The number of nitrogens with zero attached hydrogens (tertiary/aromatic N) is 2. The Bertz CT molecular complexity index is 912. The van der Waals surface area contributed by atoms with Crippen LogP contribution in [-0.4, -0.2) is 22.8 Å². The van der Waals surface area contributed by atoms with E-state index >= 15 is 0 Å². The van der Waals surface area contributed by atoms with Crippen LogP contribution in [-0.2, 0) is 6.54 Å². The molecular weight excluding hydrogens is 346 g/mol. The number of anilines is 2. The van der Waals surface area contributed by atoms with E-state index in [0.717, 1.165) is 22.5 Å². The summed E-state index contributed by atoms with van der Waals surface area (Å²) in [4.78, 5) is 18.6. The van der Waals surface area contributed by atoms with E-state index < -0.39 is 0 Å². The minimum Gasteiger partial charge on any atom is -0.355 e. The van der Waals surface area contributed by atoms with Crippen LogP contribution in [0.25, 0.3) is 0 Å². The zero-order valence-electron chi connectivity index (χ0n) is 14.7. The maximum atomic E-state index is 12.7. The van der Waals surface area contributed by atoms with Gasteiger partial charge in [0, 0.05) is 36.2 Å². The third kappa shape index (κ3) is 4.41. The number of pyridine rings is 1. The zero-order valence-corrected chi connectivity index (χ0v) is 15.5. The third-order valence-electron chi connectivity index (χ3n) is 4.07. The van der Waals surface area contributed by atoms with Crippen LogP contribution in [0, 0.1) is 6.92 Å². The first-order valence-corrected chi connectivity index (χ1v) is 8.69. The van der Waals surface area contributed by atoms with Crippen molar-refractivity contribution >= 4 is 28.9 Å². The highest BCUT2D eigenvalue weighted by Gasteiger charge is 2.14. The molecule has 132 valence electrons. The summed E-state index contributed by atoms with van der Waals surface area (Å²) < 4.78 is 0. The van der Waals surface area contributed by atoms with Gasteiger partial charge in [-0.05, 0) is 42.3 Å². The number of halogens is 1. The molecule has 0 bridgehead atoms. The van der Waals surface area contributed by atoms with Crippen molar-refractivity contribution in [2.45, 2.75) is 13.5 Å². The lowest BCUT2D eigenvalue weighted by Crippen LogP contribution is -2.27. The Labute approximate surface area is 158 Å². The van der Waals surface area contributed by atoms with Crippen molar-refractivity contribution in [1.29, 1.82) is 0 Å². The Morgan fingerprint density at radius 1 is 1.12 bits per heavy atom. The molecule has 0 unspecified atom stereocenters. The second kappa shape index (κ2) is 8.02. The summed E-state index contributed by atoms with van der Waals surface area (Å²) in [6, 6.07) is 19.1. The highest BCUT2D eigenvalue weighted by molar-refractivity contribution is 6.30. The van der Waals surface area contributed by atoms with Crippen LogP contribution in [0.3, 0.4) is 0 Å². The Morgan fingerprint density at radius 3 is 2.65 bits per heavy atom. The number of aryl methyl sites for hydroxylation is 1. The molecule has 1 heterocycles. The SMILES string of the molecule is Cc1ccc(Cl)cc1Nc1ccnc(C(=O)N(C)Cc2ccccc2)c1. The molecular formula is C21H20ClN3O. The van der Waals surface area contributed by atoms with Crippen LogP contribution in [0.2, 0.25) is 5.02 Å². The van der Waals surface area contributed by atoms with Crippen molar-refractivity contribution in [1.82, 2.24) is 9.88 Å². The van der Waals surface area contributed by atoms with Gasteiger partial charge in [0.15, 0.2) is 0 Å². The summed E-state index contributed by atoms with van der Waals surface area (Å²) in [5.41, 5.74) is 4.24. The fraction of sp³-hybridized carbons (Fsp3) is 0.143. The lowest BCUT2D eigenvalue weighted by molar-refractivity contribution is 0.0779. The summed E-state index contributed by atoms with van der Waals surface area (Å²) >= 11 is 6.07. The van der Waals surface area contributed by atoms with Gasteiger partial charge < -0.3 is 10.2 Å². The zero-order chi connectivity index (χ0) is 18.5. The first kappa shape index (κ1) is 18.0. The van der Waals surface area contributed by atoms with Crippen LogP contribution < -0.4 is 5.32 Å². The summed E-state index contributed by atoms with van der Waals surface area (Å²) in [6.07, 6.45) is 1.63. The molecule has 3 aromatic rings. The average molecular weight is 366 g/mol. The number of rotatable bonds is 5. The van der Waals surface area contributed by atoms with E-state index in [0.29, 0.717) is 17.3 Å². The molecule has 0 aliphatic carbocycles. The van der Waals surface area contributed by atoms with Crippen molar-refractivity contribution in [3.05, 3.63) is 88.7 Å². The van der Waals surface area contributed by atoms with Gasteiger partial charge in [-0.1, -0.05) is 48.0 Å². The number of carbonyl (C=O) groups is 1. The minimum atomic E-state index is -0.125. The van der Waals surface area contributed by atoms with Crippen molar-refractivity contribution in [3.63, 3.8) is 0 Å². The molecule has 0 atom stereocenters. The number of nitrogens with one attached hydrogen (secondary N) is 1. The van der Waals surface area contributed by atoms with E-state index in [1.807, 2.05) is 61.5 Å². The fourth-order valence-electron chi connectivity index (χ4n) is 2.63. The van der Waals surface area contributed by atoms with Gasteiger partial charge in [0.25, 0.3) is 5.91 Å². The Kier molecular flexibility index (Phi) is 5.54. The third-order valence-corrected chi connectivity index (χ3v) is 4.30. The molecule has 26 heavy (non-hydrogen) atoms. The van der Waals surface area contributed by atoms with Crippen LogP contribution >= 0.6 is 11.6 Å². The van der Waals surface area contributed by atoms with E-state index in [4.69, 9.17) is 11.6 Å². The van der Waals surface area contributed by atoms with Gasteiger partial charge in [-0.25, -0.2) is 0 Å². The summed E-state index contributed by atoms with van der Waals surface area (Å²) in [7, 11) is 1.78. The van der Waals surface area contributed by atoms with Gasteiger partial charge in [0.05, 0.1) is 0 Å². The van der Waals surface area contributed by atoms with Gasteiger partial charge in [-0.15, -0.1) is 0 Å². The van der Waals surface area contributed by atoms with Crippen molar-refractivity contribution in [3.8, 4) is 0 Å². The fourth-order valence-corrected chi connectivity index (χ4v) is 2.81. The van der Waals surface area contributed by atoms with Gasteiger partial charge >= 0.3 is 0 Å². The van der Waals surface area contributed by atoms with Crippen LogP contribution in [0.1, 0.15) is 21.6 Å².